The van der Waals surface area contributed by atoms with Gasteiger partial charge in [-0.3, -0.25) is 9.69 Å². The summed E-state index contributed by atoms with van der Waals surface area (Å²) in [6.45, 7) is 3.75. The SMILES string of the molecule is CCC1c2ccsc2CCN1CC(=O)N(C)C. The fourth-order valence-electron chi connectivity index (χ4n) is 2.43. The summed E-state index contributed by atoms with van der Waals surface area (Å²) in [5.41, 5.74) is 1.44. The number of nitrogens with zero attached hydrogens (tertiary/aromatic N) is 2. The average molecular weight is 252 g/mol. The molecule has 0 aromatic carbocycles. The van der Waals surface area contributed by atoms with Gasteiger partial charge in [-0.15, -0.1) is 11.3 Å². The van der Waals surface area contributed by atoms with Crippen molar-refractivity contribution in [3.63, 3.8) is 0 Å². The number of amides is 1. The molecule has 94 valence electrons. The molecule has 0 aliphatic carbocycles. The minimum atomic E-state index is 0.196. The molecule has 0 radical (unpaired) electrons. The van der Waals surface area contributed by atoms with Crippen molar-refractivity contribution in [1.82, 2.24) is 9.80 Å². The largest absolute Gasteiger partial charge is 0.348 e. The van der Waals surface area contributed by atoms with Gasteiger partial charge in [-0.1, -0.05) is 6.92 Å². The predicted molar refractivity (Wildman–Crippen MR) is 71.3 cm³/mol. The van der Waals surface area contributed by atoms with Crippen LogP contribution in [0.15, 0.2) is 11.4 Å². The summed E-state index contributed by atoms with van der Waals surface area (Å²) in [5, 5.41) is 2.17. The van der Waals surface area contributed by atoms with Gasteiger partial charge >= 0.3 is 0 Å². The lowest BCUT2D eigenvalue weighted by Gasteiger charge is -2.35. The molecule has 0 spiro atoms. The first-order chi connectivity index (χ1) is 8.13. The van der Waals surface area contributed by atoms with E-state index in [2.05, 4.69) is 23.3 Å². The molecule has 0 bridgehead atoms. The Balaban J connectivity index is 2.12. The molecule has 0 N–H and O–H groups in total. The Labute approximate surface area is 107 Å². The van der Waals surface area contributed by atoms with E-state index in [0.29, 0.717) is 12.6 Å². The maximum atomic E-state index is 11.8. The van der Waals surface area contributed by atoms with Crippen LogP contribution < -0.4 is 0 Å². The molecule has 0 saturated heterocycles. The molecular formula is C13H20N2OS. The maximum Gasteiger partial charge on any atom is 0.236 e. The van der Waals surface area contributed by atoms with Crippen molar-refractivity contribution in [3.8, 4) is 0 Å². The summed E-state index contributed by atoms with van der Waals surface area (Å²) < 4.78 is 0. The highest BCUT2D eigenvalue weighted by Gasteiger charge is 2.28. The Kier molecular flexibility index (Phi) is 3.84. The number of thiophene rings is 1. The second kappa shape index (κ2) is 5.19. The monoisotopic (exact) mass is 252 g/mol. The molecule has 1 aliphatic rings. The topological polar surface area (TPSA) is 23.6 Å². The summed E-state index contributed by atoms with van der Waals surface area (Å²) in [6, 6.07) is 2.65. The quantitative estimate of drug-likeness (QED) is 0.823. The van der Waals surface area contributed by atoms with Gasteiger partial charge in [0.25, 0.3) is 0 Å². The fourth-order valence-corrected chi connectivity index (χ4v) is 3.36. The lowest BCUT2D eigenvalue weighted by molar-refractivity contribution is -0.130. The van der Waals surface area contributed by atoms with Crippen LogP contribution in [0.2, 0.25) is 0 Å². The van der Waals surface area contributed by atoms with E-state index in [0.717, 1.165) is 19.4 Å². The van der Waals surface area contributed by atoms with Crippen molar-refractivity contribution in [3.05, 3.63) is 21.9 Å². The van der Waals surface area contributed by atoms with E-state index in [1.54, 1.807) is 4.90 Å². The third-order valence-electron chi connectivity index (χ3n) is 3.43. The first-order valence-electron chi connectivity index (χ1n) is 6.14. The second-order valence-corrected chi connectivity index (χ2v) is 5.73. The van der Waals surface area contributed by atoms with Gasteiger partial charge < -0.3 is 4.90 Å². The molecule has 1 aromatic rings. The van der Waals surface area contributed by atoms with Gasteiger partial charge in [-0.05, 0) is 29.9 Å². The Morgan fingerprint density at radius 1 is 1.59 bits per heavy atom. The lowest BCUT2D eigenvalue weighted by Crippen LogP contribution is -2.41. The van der Waals surface area contributed by atoms with Crippen LogP contribution in [0.4, 0.5) is 0 Å². The van der Waals surface area contributed by atoms with Crippen molar-refractivity contribution in [1.29, 1.82) is 0 Å². The standard InChI is InChI=1S/C13H20N2OS/c1-4-11-10-6-8-17-12(10)5-7-15(11)9-13(16)14(2)3/h6,8,11H,4-5,7,9H2,1-3H3. The zero-order valence-corrected chi connectivity index (χ0v) is 11.6. The summed E-state index contributed by atoms with van der Waals surface area (Å²) in [4.78, 5) is 17.3. The summed E-state index contributed by atoms with van der Waals surface area (Å²) in [5.74, 6) is 0.196. The normalized spacial score (nSPS) is 20.1. The van der Waals surface area contributed by atoms with Crippen LogP contribution in [-0.4, -0.2) is 42.9 Å². The van der Waals surface area contributed by atoms with E-state index >= 15 is 0 Å². The minimum absolute atomic E-state index is 0.196. The predicted octanol–water partition coefficient (Wildman–Crippen LogP) is 2.15. The number of hydrogen-bond acceptors (Lipinski definition) is 3. The van der Waals surface area contributed by atoms with Gasteiger partial charge in [0, 0.05) is 31.6 Å². The van der Waals surface area contributed by atoms with Crippen LogP contribution in [0.1, 0.15) is 29.8 Å². The molecule has 0 saturated carbocycles. The highest BCUT2D eigenvalue weighted by Crippen LogP contribution is 2.34. The zero-order valence-electron chi connectivity index (χ0n) is 10.8. The van der Waals surface area contributed by atoms with Gasteiger partial charge in [0.2, 0.25) is 5.91 Å². The Hall–Kier alpha value is -0.870. The van der Waals surface area contributed by atoms with Crippen molar-refractivity contribution < 1.29 is 4.79 Å². The summed E-state index contributed by atoms with van der Waals surface area (Å²) >= 11 is 1.85. The number of likely N-dealkylation sites (N-methyl/N-ethyl adjacent to an activating group) is 1. The molecule has 2 rings (SSSR count). The van der Waals surface area contributed by atoms with E-state index in [9.17, 15) is 4.79 Å². The van der Waals surface area contributed by atoms with E-state index < -0.39 is 0 Å². The van der Waals surface area contributed by atoms with Gasteiger partial charge in [-0.2, -0.15) is 0 Å². The third-order valence-corrected chi connectivity index (χ3v) is 4.43. The molecule has 4 heteroatoms. The van der Waals surface area contributed by atoms with Crippen molar-refractivity contribution in [2.75, 3.05) is 27.2 Å². The van der Waals surface area contributed by atoms with Crippen molar-refractivity contribution >= 4 is 17.2 Å². The number of rotatable bonds is 3. The molecule has 1 amide bonds. The molecule has 17 heavy (non-hydrogen) atoms. The minimum Gasteiger partial charge on any atom is -0.348 e. The van der Waals surface area contributed by atoms with E-state index in [1.165, 1.54) is 10.4 Å². The second-order valence-electron chi connectivity index (χ2n) is 4.73. The van der Waals surface area contributed by atoms with Gasteiger partial charge in [-0.25, -0.2) is 0 Å². The Morgan fingerprint density at radius 3 is 3.00 bits per heavy atom. The third kappa shape index (κ3) is 2.53. The molecule has 3 nitrogen and oxygen atoms in total. The van der Waals surface area contributed by atoms with Crippen molar-refractivity contribution in [2.45, 2.75) is 25.8 Å². The first kappa shape index (κ1) is 12.6. The van der Waals surface area contributed by atoms with Crippen LogP contribution in [0.25, 0.3) is 0 Å². The molecule has 2 heterocycles. The van der Waals surface area contributed by atoms with Gasteiger partial charge in [0.1, 0.15) is 0 Å². The van der Waals surface area contributed by atoms with E-state index in [1.807, 2.05) is 25.4 Å². The van der Waals surface area contributed by atoms with Crippen LogP contribution in [-0.2, 0) is 11.2 Å². The number of carbonyl (C=O) groups excluding carboxylic acids is 1. The average Bonchev–Trinajstić information content (AvgIpc) is 2.76. The molecular weight excluding hydrogens is 232 g/mol. The highest BCUT2D eigenvalue weighted by molar-refractivity contribution is 7.10. The molecule has 1 atom stereocenters. The van der Waals surface area contributed by atoms with Crippen LogP contribution in [0, 0.1) is 0 Å². The van der Waals surface area contributed by atoms with Crippen LogP contribution in [0.5, 0.6) is 0 Å². The lowest BCUT2D eigenvalue weighted by atomic mass is 9.98. The first-order valence-corrected chi connectivity index (χ1v) is 7.02. The molecule has 1 aliphatic heterocycles. The van der Waals surface area contributed by atoms with Crippen molar-refractivity contribution in [2.24, 2.45) is 0 Å². The number of hydrogen-bond donors (Lipinski definition) is 0. The fraction of sp³-hybridized carbons (Fsp3) is 0.615. The van der Waals surface area contributed by atoms with E-state index in [-0.39, 0.29) is 5.91 Å². The van der Waals surface area contributed by atoms with Gasteiger partial charge in [0.05, 0.1) is 6.54 Å². The Bertz CT molecular complexity index is 400. The van der Waals surface area contributed by atoms with Gasteiger partial charge in [0.15, 0.2) is 0 Å². The summed E-state index contributed by atoms with van der Waals surface area (Å²) in [6.07, 6.45) is 2.16. The number of fused-ring (bicyclic) bond motifs is 1. The smallest absolute Gasteiger partial charge is 0.236 e. The van der Waals surface area contributed by atoms with Crippen LogP contribution >= 0.6 is 11.3 Å². The molecule has 1 unspecified atom stereocenters. The molecule has 0 fully saturated rings. The zero-order chi connectivity index (χ0) is 12.4. The maximum absolute atomic E-state index is 11.8. The van der Waals surface area contributed by atoms with Crippen LogP contribution in [0.3, 0.4) is 0 Å². The molecule has 1 aromatic heterocycles. The number of carbonyl (C=O) groups is 1. The summed E-state index contributed by atoms with van der Waals surface area (Å²) in [7, 11) is 3.65. The Morgan fingerprint density at radius 2 is 2.35 bits per heavy atom. The van der Waals surface area contributed by atoms with E-state index in [4.69, 9.17) is 0 Å². The highest BCUT2D eigenvalue weighted by atomic mass is 32.1.